The Hall–Kier alpha value is -3.01. The highest BCUT2D eigenvalue weighted by atomic mass is 16.3. The van der Waals surface area contributed by atoms with Crippen molar-refractivity contribution in [3.63, 3.8) is 0 Å². The minimum Gasteiger partial charge on any atom is -0.391 e. The van der Waals surface area contributed by atoms with Crippen LogP contribution in [0.4, 0.5) is 5.69 Å². The molecule has 3 heterocycles. The standard InChI is InChI=1S/C23H33N7O3/c1-23(2,3)20(30-14-18(27-28-30)15-4-5-15)22(33)29-13-17(31)12-19(29)21(32)26-11-10-25-16-6-8-24-9-7-16/h6-9,14-15,17,19-20,31H,4-5,10-13H2,1-3H3,(H,24,25)(H,26,32)/t17?,19?,20-/m1/s1. The van der Waals surface area contributed by atoms with E-state index in [0.29, 0.717) is 19.0 Å². The number of nitrogens with one attached hydrogen (secondary N) is 2. The summed E-state index contributed by atoms with van der Waals surface area (Å²) in [5.74, 6) is -0.0509. The van der Waals surface area contributed by atoms with E-state index in [1.165, 1.54) is 4.90 Å². The summed E-state index contributed by atoms with van der Waals surface area (Å²) in [6.45, 7) is 6.98. The quantitative estimate of drug-likeness (QED) is 0.513. The number of amides is 2. The van der Waals surface area contributed by atoms with E-state index in [0.717, 1.165) is 24.2 Å². The van der Waals surface area contributed by atoms with Crippen LogP contribution in [0.15, 0.2) is 30.7 Å². The van der Waals surface area contributed by atoms with Gasteiger partial charge in [-0.1, -0.05) is 26.0 Å². The van der Waals surface area contributed by atoms with Crippen LogP contribution in [0.5, 0.6) is 0 Å². The van der Waals surface area contributed by atoms with Crippen LogP contribution in [0, 0.1) is 5.41 Å². The highest BCUT2D eigenvalue weighted by molar-refractivity contribution is 5.90. The van der Waals surface area contributed by atoms with Crippen molar-refractivity contribution >= 4 is 17.5 Å². The molecule has 0 spiro atoms. The number of aliphatic hydroxyl groups is 1. The summed E-state index contributed by atoms with van der Waals surface area (Å²) >= 11 is 0. The zero-order chi connectivity index (χ0) is 23.6. The Balaban J connectivity index is 1.42. The molecule has 0 aromatic carbocycles. The normalized spacial score (nSPS) is 21.6. The Morgan fingerprint density at radius 1 is 1.21 bits per heavy atom. The van der Waals surface area contributed by atoms with Gasteiger partial charge in [0.1, 0.15) is 12.1 Å². The van der Waals surface area contributed by atoms with Gasteiger partial charge in [0.15, 0.2) is 0 Å². The average molecular weight is 456 g/mol. The van der Waals surface area contributed by atoms with Gasteiger partial charge in [0.2, 0.25) is 11.8 Å². The van der Waals surface area contributed by atoms with Crippen molar-refractivity contribution in [2.24, 2.45) is 5.41 Å². The molecule has 10 heteroatoms. The zero-order valence-corrected chi connectivity index (χ0v) is 19.4. The number of hydrogen-bond donors (Lipinski definition) is 3. The second-order valence-electron chi connectivity index (χ2n) is 10.0. The Kier molecular flexibility index (Phi) is 6.64. The van der Waals surface area contributed by atoms with Gasteiger partial charge in [-0.3, -0.25) is 14.6 Å². The second kappa shape index (κ2) is 9.46. The molecule has 1 saturated carbocycles. The number of pyridine rings is 1. The van der Waals surface area contributed by atoms with Crippen molar-refractivity contribution in [1.29, 1.82) is 0 Å². The Morgan fingerprint density at radius 3 is 2.61 bits per heavy atom. The maximum Gasteiger partial charge on any atom is 0.248 e. The fourth-order valence-electron chi connectivity index (χ4n) is 4.31. The predicted octanol–water partition coefficient (Wildman–Crippen LogP) is 1.33. The topological polar surface area (TPSA) is 125 Å². The summed E-state index contributed by atoms with van der Waals surface area (Å²) in [6.07, 6.45) is 6.93. The molecule has 0 bridgehead atoms. The fourth-order valence-corrected chi connectivity index (χ4v) is 4.31. The van der Waals surface area contributed by atoms with Crippen LogP contribution in [-0.2, 0) is 9.59 Å². The third-order valence-corrected chi connectivity index (χ3v) is 6.14. The largest absolute Gasteiger partial charge is 0.391 e. The van der Waals surface area contributed by atoms with Gasteiger partial charge in [-0.2, -0.15) is 0 Å². The van der Waals surface area contributed by atoms with Crippen molar-refractivity contribution in [1.82, 2.24) is 30.2 Å². The molecular formula is C23H33N7O3. The van der Waals surface area contributed by atoms with Crippen LogP contribution < -0.4 is 10.6 Å². The first-order valence-electron chi connectivity index (χ1n) is 11.6. The number of nitrogens with zero attached hydrogens (tertiary/aromatic N) is 5. The SMILES string of the molecule is CC(C)(C)[C@@H](C(=O)N1CC(O)CC1C(=O)NCCNc1ccncc1)n1cc(C2CC2)nn1. The van der Waals surface area contributed by atoms with Gasteiger partial charge >= 0.3 is 0 Å². The molecule has 4 rings (SSSR count). The van der Waals surface area contributed by atoms with Crippen molar-refractivity contribution < 1.29 is 14.7 Å². The van der Waals surface area contributed by atoms with Crippen LogP contribution >= 0.6 is 0 Å². The lowest BCUT2D eigenvalue weighted by Crippen LogP contribution is -2.50. The molecule has 1 saturated heterocycles. The van der Waals surface area contributed by atoms with E-state index in [2.05, 4.69) is 25.9 Å². The van der Waals surface area contributed by atoms with Gasteiger partial charge in [-0.15, -0.1) is 5.10 Å². The number of carbonyl (C=O) groups is 2. The molecule has 2 fully saturated rings. The van der Waals surface area contributed by atoms with Crippen molar-refractivity contribution in [2.75, 3.05) is 25.0 Å². The van der Waals surface area contributed by atoms with E-state index < -0.39 is 23.6 Å². The van der Waals surface area contributed by atoms with E-state index in [1.807, 2.05) is 39.1 Å². The number of carbonyl (C=O) groups excluding carboxylic acids is 2. The van der Waals surface area contributed by atoms with Gasteiger partial charge in [0, 0.05) is 56.3 Å². The monoisotopic (exact) mass is 455 g/mol. The maximum atomic E-state index is 13.7. The number of aliphatic hydroxyl groups excluding tert-OH is 1. The number of hydrogen-bond acceptors (Lipinski definition) is 7. The molecule has 33 heavy (non-hydrogen) atoms. The molecule has 2 aromatic rings. The zero-order valence-electron chi connectivity index (χ0n) is 19.4. The summed E-state index contributed by atoms with van der Waals surface area (Å²) in [6, 6.07) is 2.36. The van der Waals surface area contributed by atoms with Crippen LogP contribution in [0.2, 0.25) is 0 Å². The van der Waals surface area contributed by atoms with Crippen LogP contribution in [0.25, 0.3) is 0 Å². The molecule has 2 amide bonds. The number of aromatic nitrogens is 4. The minimum absolute atomic E-state index is 0.128. The Labute approximate surface area is 193 Å². The number of β-amino-alcohol motifs (C(OH)–C–C–N with tert-alkyl or cyclic N) is 1. The average Bonchev–Trinajstić information content (AvgIpc) is 3.38. The number of anilines is 1. The van der Waals surface area contributed by atoms with E-state index in [4.69, 9.17) is 0 Å². The molecule has 2 aliphatic rings. The molecule has 10 nitrogen and oxygen atoms in total. The second-order valence-corrected chi connectivity index (χ2v) is 10.0. The van der Waals surface area contributed by atoms with Crippen molar-refractivity contribution in [3.8, 4) is 0 Å². The molecule has 1 aliphatic heterocycles. The van der Waals surface area contributed by atoms with Gasteiger partial charge in [0.25, 0.3) is 0 Å². The Morgan fingerprint density at radius 2 is 1.94 bits per heavy atom. The number of rotatable bonds is 8. The third-order valence-electron chi connectivity index (χ3n) is 6.14. The molecule has 178 valence electrons. The first-order chi connectivity index (χ1) is 15.7. The Bertz CT molecular complexity index is 968. The number of likely N-dealkylation sites (tertiary alicyclic amines) is 1. The van der Waals surface area contributed by atoms with Gasteiger partial charge in [-0.25, -0.2) is 4.68 Å². The van der Waals surface area contributed by atoms with Gasteiger partial charge in [0.05, 0.1) is 11.8 Å². The van der Waals surface area contributed by atoms with Crippen molar-refractivity contribution in [2.45, 2.75) is 64.1 Å². The van der Waals surface area contributed by atoms with E-state index in [-0.39, 0.29) is 24.8 Å². The third kappa shape index (κ3) is 5.50. The van der Waals surface area contributed by atoms with Crippen LogP contribution in [0.1, 0.15) is 57.7 Å². The molecule has 0 radical (unpaired) electrons. The summed E-state index contributed by atoms with van der Waals surface area (Å²) < 4.78 is 1.63. The molecule has 3 atom stereocenters. The first-order valence-corrected chi connectivity index (χ1v) is 11.6. The van der Waals surface area contributed by atoms with E-state index in [9.17, 15) is 14.7 Å². The highest BCUT2D eigenvalue weighted by Gasteiger charge is 2.45. The summed E-state index contributed by atoms with van der Waals surface area (Å²) in [4.78, 5) is 32.1. The highest BCUT2D eigenvalue weighted by Crippen LogP contribution is 2.40. The molecule has 2 unspecified atom stereocenters. The predicted molar refractivity (Wildman–Crippen MR) is 122 cm³/mol. The van der Waals surface area contributed by atoms with Crippen molar-refractivity contribution in [3.05, 3.63) is 36.4 Å². The lowest BCUT2D eigenvalue weighted by Gasteiger charge is -2.34. The summed E-state index contributed by atoms with van der Waals surface area (Å²) in [5.41, 5.74) is 1.38. The smallest absolute Gasteiger partial charge is 0.248 e. The minimum atomic E-state index is -0.738. The first kappa shape index (κ1) is 23.2. The molecular weight excluding hydrogens is 422 g/mol. The van der Waals surface area contributed by atoms with E-state index >= 15 is 0 Å². The molecule has 2 aromatic heterocycles. The van der Waals surface area contributed by atoms with Gasteiger partial charge < -0.3 is 20.6 Å². The molecule has 3 N–H and O–H groups in total. The molecule has 1 aliphatic carbocycles. The summed E-state index contributed by atoms with van der Waals surface area (Å²) in [5, 5.41) is 24.9. The fraction of sp³-hybridized carbons (Fsp3) is 0.609. The lowest BCUT2D eigenvalue weighted by atomic mass is 9.85. The van der Waals surface area contributed by atoms with Crippen LogP contribution in [-0.4, -0.2) is 73.6 Å². The van der Waals surface area contributed by atoms with E-state index in [1.54, 1.807) is 17.1 Å². The summed E-state index contributed by atoms with van der Waals surface area (Å²) in [7, 11) is 0. The van der Waals surface area contributed by atoms with Crippen LogP contribution in [0.3, 0.4) is 0 Å². The lowest BCUT2D eigenvalue weighted by molar-refractivity contribution is -0.144. The van der Waals surface area contributed by atoms with Gasteiger partial charge in [-0.05, 0) is 30.4 Å². The maximum absolute atomic E-state index is 13.7.